The van der Waals surface area contributed by atoms with Gasteiger partial charge in [0.15, 0.2) is 10.6 Å². The van der Waals surface area contributed by atoms with E-state index in [2.05, 4.69) is 30.0 Å². The maximum absolute atomic E-state index is 12.5. The van der Waals surface area contributed by atoms with Crippen LogP contribution in [0.4, 0.5) is 0 Å². The third kappa shape index (κ3) is 3.17. The number of aryl methyl sites for hydroxylation is 1. The number of carbonyl (C=O) groups is 1. The smallest absolute Gasteiger partial charge is 0.259 e. The second-order valence-electron chi connectivity index (χ2n) is 6.35. The predicted octanol–water partition coefficient (Wildman–Crippen LogP) is 1.83. The molecule has 9 heteroatoms. The third-order valence-electron chi connectivity index (χ3n) is 4.59. The summed E-state index contributed by atoms with van der Waals surface area (Å²) in [5.74, 6) is 1.52. The van der Waals surface area contributed by atoms with Crippen LogP contribution in [0.25, 0.3) is 10.9 Å². The maximum atomic E-state index is 12.5. The highest BCUT2D eigenvalue weighted by Crippen LogP contribution is 2.15. The molecule has 26 heavy (non-hydrogen) atoms. The molecule has 1 aliphatic rings. The van der Waals surface area contributed by atoms with Gasteiger partial charge in [-0.3, -0.25) is 14.6 Å². The highest BCUT2D eigenvalue weighted by atomic mass is 32.1. The van der Waals surface area contributed by atoms with Crippen molar-refractivity contribution in [2.75, 3.05) is 0 Å². The van der Waals surface area contributed by atoms with Gasteiger partial charge in [0.2, 0.25) is 0 Å². The largest absolute Gasteiger partial charge is 0.345 e. The molecule has 3 heterocycles. The highest BCUT2D eigenvalue weighted by Gasteiger charge is 2.15. The minimum atomic E-state index is -0.276. The summed E-state index contributed by atoms with van der Waals surface area (Å²) >= 11 is 4.98. The van der Waals surface area contributed by atoms with E-state index < -0.39 is 0 Å². The lowest BCUT2D eigenvalue weighted by Gasteiger charge is -2.08. The van der Waals surface area contributed by atoms with Crippen molar-refractivity contribution < 1.29 is 4.79 Å². The van der Waals surface area contributed by atoms with Crippen LogP contribution < -0.4 is 10.9 Å². The molecule has 8 nitrogen and oxygen atoms in total. The molecule has 0 unspecified atom stereocenters. The van der Waals surface area contributed by atoms with Crippen LogP contribution in [0.1, 0.15) is 41.3 Å². The SMILES string of the molecule is O=C(NCc1nnc2n1CCCCC2)c1ccc2c(=O)[nH]c(=S)[nH]c2c1. The fourth-order valence-electron chi connectivity index (χ4n) is 3.25. The molecule has 3 aromatic rings. The summed E-state index contributed by atoms with van der Waals surface area (Å²) < 4.78 is 2.33. The topological polar surface area (TPSA) is 108 Å². The Morgan fingerprint density at radius 3 is 3.00 bits per heavy atom. The van der Waals surface area contributed by atoms with E-state index >= 15 is 0 Å². The second-order valence-corrected chi connectivity index (χ2v) is 6.75. The Labute approximate surface area is 153 Å². The van der Waals surface area contributed by atoms with Crippen LogP contribution in [0.5, 0.6) is 0 Å². The van der Waals surface area contributed by atoms with Gasteiger partial charge in [-0.2, -0.15) is 0 Å². The Balaban J connectivity index is 1.54. The number of aromatic amines is 2. The normalized spacial score (nSPS) is 14.0. The standard InChI is InChI=1S/C17H18N6O2S/c24-15(10-5-6-11-12(8-10)19-17(26)20-16(11)25)18-9-14-22-21-13-4-2-1-3-7-23(13)14/h5-6,8H,1-4,7,9H2,(H,18,24)(H2,19,20,25,26). The molecule has 0 saturated carbocycles. The molecule has 4 rings (SSSR count). The van der Waals surface area contributed by atoms with E-state index in [0.717, 1.165) is 37.5 Å². The van der Waals surface area contributed by atoms with E-state index in [-0.39, 0.29) is 16.2 Å². The Morgan fingerprint density at radius 2 is 2.12 bits per heavy atom. The molecule has 0 radical (unpaired) electrons. The summed E-state index contributed by atoms with van der Waals surface area (Å²) in [6.07, 6.45) is 4.35. The summed E-state index contributed by atoms with van der Waals surface area (Å²) in [7, 11) is 0. The number of carbonyl (C=O) groups excluding carboxylic acids is 1. The van der Waals surface area contributed by atoms with Gasteiger partial charge in [-0.15, -0.1) is 10.2 Å². The van der Waals surface area contributed by atoms with Gasteiger partial charge in [0.25, 0.3) is 11.5 Å². The van der Waals surface area contributed by atoms with E-state index in [4.69, 9.17) is 12.2 Å². The number of benzene rings is 1. The molecule has 0 fully saturated rings. The lowest BCUT2D eigenvalue weighted by molar-refractivity contribution is 0.0949. The van der Waals surface area contributed by atoms with E-state index in [1.54, 1.807) is 18.2 Å². The number of hydrogen-bond acceptors (Lipinski definition) is 5. The highest BCUT2D eigenvalue weighted by molar-refractivity contribution is 7.71. The second kappa shape index (κ2) is 6.83. The molecule has 0 bridgehead atoms. The quantitative estimate of drug-likeness (QED) is 0.610. The van der Waals surface area contributed by atoms with E-state index in [0.29, 0.717) is 23.0 Å². The van der Waals surface area contributed by atoms with Crippen molar-refractivity contribution in [3.8, 4) is 0 Å². The van der Waals surface area contributed by atoms with Crippen molar-refractivity contribution >= 4 is 29.0 Å². The lowest BCUT2D eigenvalue weighted by Crippen LogP contribution is -2.25. The molecular weight excluding hydrogens is 352 g/mol. The van der Waals surface area contributed by atoms with Crippen LogP contribution in [-0.2, 0) is 19.5 Å². The molecule has 1 aliphatic heterocycles. The number of hydrogen-bond donors (Lipinski definition) is 3. The Kier molecular flexibility index (Phi) is 4.37. The fourth-order valence-corrected chi connectivity index (χ4v) is 3.45. The molecule has 0 spiro atoms. The summed E-state index contributed by atoms with van der Waals surface area (Å²) in [5.41, 5.74) is 0.703. The van der Waals surface area contributed by atoms with Crippen molar-refractivity contribution in [1.29, 1.82) is 0 Å². The first-order chi connectivity index (χ1) is 12.6. The number of fused-ring (bicyclic) bond motifs is 2. The maximum Gasteiger partial charge on any atom is 0.259 e. The predicted molar refractivity (Wildman–Crippen MR) is 98.5 cm³/mol. The van der Waals surface area contributed by atoms with Crippen molar-refractivity contribution in [3.05, 3.63) is 50.5 Å². The van der Waals surface area contributed by atoms with Crippen LogP contribution in [0.2, 0.25) is 0 Å². The van der Waals surface area contributed by atoms with Gasteiger partial charge in [-0.05, 0) is 43.3 Å². The molecule has 134 valence electrons. The van der Waals surface area contributed by atoms with Crippen LogP contribution in [-0.4, -0.2) is 30.6 Å². The van der Waals surface area contributed by atoms with Crippen molar-refractivity contribution in [3.63, 3.8) is 0 Å². The Bertz CT molecular complexity index is 1100. The van der Waals surface area contributed by atoms with Crippen molar-refractivity contribution in [2.45, 2.75) is 38.8 Å². The van der Waals surface area contributed by atoms with Gasteiger partial charge >= 0.3 is 0 Å². The summed E-state index contributed by atoms with van der Waals surface area (Å²) in [4.78, 5) is 29.8. The fraction of sp³-hybridized carbons (Fsp3) is 0.353. The Hall–Kier alpha value is -2.81. The minimum absolute atomic E-state index is 0.228. The molecule has 0 aliphatic carbocycles. The van der Waals surface area contributed by atoms with Crippen LogP contribution in [0.15, 0.2) is 23.0 Å². The summed E-state index contributed by atoms with van der Waals surface area (Å²) in [6, 6.07) is 4.85. The number of amides is 1. The zero-order chi connectivity index (χ0) is 18.1. The van der Waals surface area contributed by atoms with Crippen molar-refractivity contribution in [2.24, 2.45) is 0 Å². The average molecular weight is 370 g/mol. The first kappa shape index (κ1) is 16.6. The number of nitrogens with zero attached hydrogens (tertiary/aromatic N) is 3. The first-order valence-electron chi connectivity index (χ1n) is 8.57. The van der Waals surface area contributed by atoms with Crippen LogP contribution in [0.3, 0.4) is 0 Å². The lowest BCUT2D eigenvalue weighted by atomic mass is 10.1. The zero-order valence-electron chi connectivity index (χ0n) is 14.0. The minimum Gasteiger partial charge on any atom is -0.345 e. The van der Waals surface area contributed by atoms with E-state index in [9.17, 15) is 9.59 Å². The van der Waals surface area contributed by atoms with Gasteiger partial charge in [0.05, 0.1) is 17.4 Å². The first-order valence-corrected chi connectivity index (χ1v) is 8.98. The number of H-pyrrole nitrogens is 2. The average Bonchev–Trinajstić information content (AvgIpc) is 2.85. The van der Waals surface area contributed by atoms with Gasteiger partial charge in [0, 0.05) is 18.5 Å². The Morgan fingerprint density at radius 1 is 1.23 bits per heavy atom. The molecule has 2 aromatic heterocycles. The number of aromatic nitrogens is 5. The molecule has 0 atom stereocenters. The van der Waals surface area contributed by atoms with Gasteiger partial charge in [-0.1, -0.05) is 6.42 Å². The van der Waals surface area contributed by atoms with Crippen LogP contribution >= 0.6 is 12.2 Å². The van der Waals surface area contributed by atoms with Gasteiger partial charge in [-0.25, -0.2) is 0 Å². The van der Waals surface area contributed by atoms with Crippen LogP contribution in [0, 0.1) is 4.77 Å². The summed E-state index contributed by atoms with van der Waals surface area (Å²) in [6.45, 7) is 1.21. The molecular formula is C17H18N6O2S. The monoisotopic (exact) mass is 370 g/mol. The number of rotatable bonds is 3. The molecule has 1 aromatic carbocycles. The van der Waals surface area contributed by atoms with Gasteiger partial charge < -0.3 is 14.9 Å². The zero-order valence-corrected chi connectivity index (χ0v) is 14.9. The third-order valence-corrected chi connectivity index (χ3v) is 4.80. The molecule has 1 amide bonds. The summed E-state index contributed by atoms with van der Waals surface area (Å²) in [5, 5.41) is 11.8. The molecule has 0 saturated heterocycles. The van der Waals surface area contributed by atoms with Crippen molar-refractivity contribution in [1.82, 2.24) is 30.0 Å². The van der Waals surface area contributed by atoms with E-state index in [1.165, 1.54) is 6.42 Å². The molecule has 3 N–H and O–H groups in total. The number of nitrogens with one attached hydrogen (secondary N) is 3. The van der Waals surface area contributed by atoms with E-state index in [1.807, 2.05) is 0 Å². The van der Waals surface area contributed by atoms with Gasteiger partial charge in [0.1, 0.15) is 5.82 Å².